The molecule has 0 atom stereocenters. The smallest absolute Gasteiger partial charge is 0.124 e. The van der Waals surface area contributed by atoms with Crippen LogP contribution in [-0.2, 0) is 0 Å². The molecule has 0 aliphatic rings. The highest BCUT2D eigenvalue weighted by atomic mass is 16.3. The summed E-state index contributed by atoms with van der Waals surface area (Å²) in [6, 6.07) is 22.5. The van der Waals surface area contributed by atoms with E-state index in [2.05, 4.69) is 36.4 Å². The van der Waals surface area contributed by atoms with E-state index in [9.17, 15) is 5.11 Å². The zero-order valence-electron chi connectivity index (χ0n) is 10.3. The number of hydrogen-bond acceptors (Lipinski definition) is 1. The average Bonchev–Trinajstić information content (AvgIpc) is 2.46. The van der Waals surface area contributed by atoms with Crippen LogP contribution < -0.4 is 0 Å². The maximum atomic E-state index is 10.1. The van der Waals surface area contributed by atoms with Gasteiger partial charge in [0.05, 0.1) is 0 Å². The summed E-state index contributed by atoms with van der Waals surface area (Å²) >= 11 is 0. The van der Waals surface area contributed by atoms with Gasteiger partial charge in [-0.3, -0.25) is 0 Å². The maximum absolute atomic E-state index is 10.1. The summed E-state index contributed by atoms with van der Waals surface area (Å²) in [4.78, 5) is 0. The molecule has 0 saturated carbocycles. The Balaban J connectivity index is 2.29. The summed E-state index contributed by atoms with van der Waals surface area (Å²) in [5.41, 5.74) is 0. The molecule has 0 aliphatic heterocycles. The molecular formula is C18H12O. The average molecular weight is 244 g/mol. The van der Waals surface area contributed by atoms with Crippen LogP contribution in [0.15, 0.2) is 66.7 Å². The summed E-state index contributed by atoms with van der Waals surface area (Å²) in [6.07, 6.45) is 0. The fraction of sp³-hybridized carbons (Fsp3) is 0. The molecule has 0 saturated heterocycles. The van der Waals surface area contributed by atoms with Crippen molar-refractivity contribution in [3.63, 3.8) is 0 Å². The van der Waals surface area contributed by atoms with Crippen LogP contribution in [0.2, 0.25) is 0 Å². The van der Waals surface area contributed by atoms with Crippen LogP contribution in [0.3, 0.4) is 0 Å². The molecule has 0 aromatic heterocycles. The minimum absolute atomic E-state index is 0.346. The molecule has 1 N–H and O–H groups in total. The van der Waals surface area contributed by atoms with E-state index in [1.54, 1.807) is 0 Å². The molecule has 0 amide bonds. The summed E-state index contributed by atoms with van der Waals surface area (Å²) in [7, 11) is 0. The fourth-order valence-electron chi connectivity index (χ4n) is 2.78. The van der Waals surface area contributed by atoms with E-state index in [-0.39, 0.29) is 0 Å². The van der Waals surface area contributed by atoms with Crippen LogP contribution in [0.5, 0.6) is 5.75 Å². The van der Waals surface area contributed by atoms with Crippen molar-refractivity contribution < 1.29 is 5.11 Å². The van der Waals surface area contributed by atoms with Gasteiger partial charge in [0.1, 0.15) is 5.75 Å². The summed E-state index contributed by atoms with van der Waals surface area (Å²) in [5, 5.41) is 16.8. The zero-order chi connectivity index (χ0) is 12.8. The van der Waals surface area contributed by atoms with E-state index in [1.807, 2.05) is 30.3 Å². The molecule has 0 spiro atoms. The minimum atomic E-state index is 0.346. The SMILES string of the molecule is Oc1cc2cc3ccccc3cc2c2ccccc12. The molecule has 0 unspecified atom stereocenters. The molecule has 90 valence electrons. The van der Waals surface area contributed by atoms with Crippen LogP contribution in [0, 0.1) is 0 Å². The topological polar surface area (TPSA) is 20.2 Å². The van der Waals surface area contributed by atoms with Gasteiger partial charge in [0.25, 0.3) is 0 Å². The van der Waals surface area contributed by atoms with E-state index in [0.717, 1.165) is 16.2 Å². The molecule has 0 bridgehead atoms. The maximum Gasteiger partial charge on any atom is 0.124 e. The minimum Gasteiger partial charge on any atom is -0.507 e. The lowest BCUT2D eigenvalue weighted by atomic mass is 9.98. The van der Waals surface area contributed by atoms with E-state index in [1.165, 1.54) is 16.2 Å². The molecule has 1 heteroatoms. The molecule has 0 aliphatic carbocycles. The zero-order valence-corrected chi connectivity index (χ0v) is 10.3. The van der Waals surface area contributed by atoms with Crippen molar-refractivity contribution in [3.8, 4) is 5.75 Å². The molecule has 0 heterocycles. The number of hydrogen-bond donors (Lipinski definition) is 1. The summed E-state index contributed by atoms with van der Waals surface area (Å²) < 4.78 is 0. The largest absolute Gasteiger partial charge is 0.507 e. The van der Waals surface area contributed by atoms with Gasteiger partial charge in [-0.15, -0.1) is 0 Å². The van der Waals surface area contributed by atoms with Crippen LogP contribution in [-0.4, -0.2) is 5.11 Å². The van der Waals surface area contributed by atoms with Crippen molar-refractivity contribution in [2.75, 3.05) is 0 Å². The molecule has 4 aromatic rings. The van der Waals surface area contributed by atoms with Crippen molar-refractivity contribution in [2.24, 2.45) is 0 Å². The Labute approximate surface area is 110 Å². The number of benzene rings is 4. The van der Waals surface area contributed by atoms with Crippen molar-refractivity contribution in [3.05, 3.63) is 66.7 Å². The standard InChI is InChI=1S/C18H12O/c19-18-11-14-9-12-5-1-2-6-13(12)10-17(14)15-7-3-4-8-16(15)18/h1-11,19H. The van der Waals surface area contributed by atoms with Gasteiger partial charge in [0.2, 0.25) is 0 Å². The second-order valence-corrected chi connectivity index (χ2v) is 4.86. The van der Waals surface area contributed by atoms with Gasteiger partial charge in [-0.25, -0.2) is 0 Å². The summed E-state index contributed by atoms with van der Waals surface area (Å²) in [5.74, 6) is 0.346. The molecule has 4 rings (SSSR count). The third kappa shape index (κ3) is 1.48. The van der Waals surface area contributed by atoms with Crippen molar-refractivity contribution >= 4 is 32.3 Å². The Morgan fingerprint density at radius 3 is 1.95 bits per heavy atom. The van der Waals surface area contributed by atoms with Gasteiger partial charge in [-0.05, 0) is 45.1 Å². The van der Waals surface area contributed by atoms with E-state index in [0.29, 0.717) is 5.75 Å². The normalized spacial score (nSPS) is 11.4. The summed E-state index contributed by atoms with van der Waals surface area (Å²) in [6.45, 7) is 0. The Hall–Kier alpha value is -2.54. The third-order valence-electron chi connectivity index (χ3n) is 3.70. The lowest BCUT2D eigenvalue weighted by molar-refractivity contribution is 0.482. The number of phenolic OH excluding ortho intramolecular Hbond substituents is 1. The predicted octanol–water partition coefficient (Wildman–Crippen LogP) is 4.85. The van der Waals surface area contributed by atoms with E-state index < -0.39 is 0 Å². The van der Waals surface area contributed by atoms with Crippen LogP contribution in [0.4, 0.5) is 0 Å². The molecule has 4 aromatic carbocycles. The van der Waals surface area contributed by atoms with Crippen LogP contribution in [0.1, 0.15) is 0 Å². The van der Waals surface area contributed by atoms with Gasteiger partial charge in [-0.2, -0.15) is 0 Å². The highest BCUT2D eigenvalue weighted by Gasteiger charge is 2.06. The number of rotatable bonds is 0. The Morgan fingerprint density at radius 2 is 1.16 bits per heavy atom. The van der Waals surface area contributed by atoms with Crippen molar-refractivity contribution in [1.29, 1.82) is 0 Å². The van der Waals surface area contributed by atoms with Crippen LogP contribution in [0.25, 0.3) is 32.3 Å². The first-order valence-corrected chi connectivity index (χ1v) is 6.36. The monoisotopic (exact) mass is 244 g/mol. The Morgan fingerprint density at radius 1 is 0.526 bits per heavy atom. The first kappa shape index (κ1) is 10.4. The molecular weight excluding hydrogens is 232 g/mol. The lowest BCUT2D eigenvalue weighted by Crippen LogP contribution is -1.80. The fourth-order valence-corrected chi connectivity index (χ4v) is 2.78. The van der Waals surface area contributed by atoms with Crippen LogP contribution >= 0.6 is 0 Å². The van der Waals surface area contributed by atoms with Crippen molar-refractivity contribution in [1.82, 2.24) is 0 Å². The second-order valence-electron chi connectivity index (χ2n) is 4.86. The van der Waals surface area contributed by atoms with Gasteiger partial charge >= 0.3 is 0 Å². The number of fused-ring (bicyclic) bond motifs is 4. The third-order valence-corrected chi connectivity index (χ3v) is 3.70. The van der Waals surface area contributed by atoms with Crippen molar-refractivity contribution in [2.45, 2.75) is 0 Å². The van der Waals surface area contributed by atoms with Gasteiger partial charge < -0.3 is 5.11 Å². The molecule has 0 fully saturated rings. The highest BCUT2D eigenvalue weighted by molar-refractivity contribution is 6.14. The lowest BCUT2D eigenvalue weighted by Gasteiger charge is -2.08. The van der Waals surface area contributed by atoms with Gasteiger partial charge in [-0.1, -0.05) is 48.5 Å². The Bertz CT molecular complexity index is 922. The molecule has 0 radical (unpaired) electrons. The number of aromatic hydroxyl groups is 1. The van der Waals surface area contributed by atoms with Gasteiger partial charge in [0.15, 0.2) is 0 Å². The first-order valence-electron chi connectivity index (χ1n) is 6.36. The Kier molecular flexibility index (Phi) is 2.04. The van der Waals surface area contributed by atoms with E-state index >= 15 is 0 Å². The quantitative estimate of drug-likeness (QED) is 0.346. The molecule has 19 heavy (non-hydrogen) atoms. The highest BCUT2D eigenvalue weighted by Crippen LogP contribution is 2.34. The molecule has 1 nitrogen and oxygen atoms in total. The number of phenols is 1. The van der Waals surface area contributed by atoms with E-state index in [4.69, 9.17) is 0 Å². The van der Waals surface area contributed by atoms with Gasteiger partial charge in [0, 0.05) is 5.39 Å². The first-order chi connectivity index (χ1) is 9.33. The predicted molar refractivity (Wildman–Crippen MR) is 80.6 cm³/mol. The second kappa shape index (κ2) is 3.72.